The largest absolute Gasteiger partial charge is 0.357 e. The summed E-state index contributed by atoms with van der Waals surface area (Å²) in [7, 11) is 1.73. The molecule has 0 saturated carbocycles. The molecule has 0 bridgehead atoms. The molecule has 0 unspecified atom stereocenters. The number of pyridine rings is 1. The molecule has 0 saturated heterocycles. The van der Waals surface area contributed by atoms with Crippen molar-refractivity contribution < 1.29 is 0 Å². The second-order valence-corrected chi connectivity index (χ2v) is 6.70. The summed E-state index contributed by atoms with van der Waals surface area (Å²) in [6.07, 6.45) is 3.28. The van der Waals surface area contributed by atoms with Crippen LogP contribution in [0.5, 0.6) is 0 Å². The normalized spacial score (nSPS) is 11.1. The number of rotatable bonds is 6. The van der Waals surface area contributed by atoms with E-state index in [2.05, 4.69) is 15.3 Å². The summed E-state index contributed by atoms with van der Waals surface area (Å²) in [6.45, 7) is 1.09. The van der Waals surface area contributed by atoms with Gasteiger partial charge in [-0.05, 0) is 43.7 Å². The summed E-state index contributed by atoms with van der Waals surface area (Å²) < 4.78 is 1.65. The van der Waals surface area contributed by atoms with Gasteiger partial charge < -0.3 is 11.1 Å². The minimum absolute atomic E-state index is 0.167. The van der Waals surface area contributed by atoms with Gasteiger partial charge in [0.05, 0.1) is 0 Å². The molecular weight excluding hydrogens is 373 g/mol. The lowest BCUT2D eigenvalue weighted by Crippen LogP contribution is -2.24. The van der Waals surface area contributed by atoms with Gasteiger partial charge in [0.2, 0.25) is 5.95 Å². The Morgan fingerprint density at radius 3 is 2.73 bits per heavy atom. The summed E-state index contributed by atoms with van der Waals surface area (Å²) in [5.74, 6) is 0.456. The Balaban J connectivity index is 2.26. The molecule has 0 radical (unpaired) electrons. The van der Waals surface area contributed by atoms with Gasteiger partial charge in [0.25, 0.3) is 5.56 Å². The first-order valence-electron chi connectivity index (χ1n) is 8.29. The van der Waals surface area contributed by atoms with Crippen molar-refractivity contribution in [2.45, 2.75) is 19.4 Å². The number of unbranched alkanes of at least 4 members (excludes halogenated alkanes) is 1. The summed E-state index contributed by atoms with van der Waals surface area (Å²) >= 11 is 12.4. The highest BCUT2D eigenvalue weighted by Gasteiger charge is 2.15. The molecule has 0 aliphatic rings. The summed E-state index contributed by atoms with van der Waals surface area (Å²) in [5, 5.41) is 4.63. The Kier molecular flexibility index (Phi) is 5.76. The average molecular weight is 392 g/mol. The molecule has 0 fully saturated rings. The van der Waals surface area contributed by atoms with Crippen molar-refractivity contribution in [3.05, 3.63) is 50.9 Å². The summed E-state index contributed by atoms with van der Waals surface area (Å²) in [4.78, 5) is 21.9. The number of anilines is 1. The van der Waals surface area contributed by atoms with Gasteiger partial charge in [-0.3, -0.25) is 9.36 Å². The van der Waals surface area contributed by atoms with Crippen LogP contribution in [0.3, 0.4) is 0 Å². The van der Waals surface area contributed by atoms with Crippen molar-refractivity contribution in [3.63, 3.8) is 0 Å². The van der Waals surface area contributed by atoms with Crippen molar-refractivity contribution in [2.75, 3.05) is 18.9 Å². The minimum Gasteiger partial charge on any atom is -0.357 e. The van der Waals surface area contributed by atoms with Gasteiger partial charge in [0.15, 0.2) is 0 Å². The van der Waals surface area contributed by atoms with Crippen molar-refractivity contribution >= 4 is 40.2 Å². The number of hydrogen-bond acceptors (Lipinski definition) is 5. The molecule has 0 spiro atoms. The molecule has 0 aliphatic heterocycles. The van der Waals surface area contributed by atoms with E-state index in [9.17, 15) is 4.79 Å². The smallest absolute Gasteiger partial charge is 0.260 e. The second-order valence-electron chi connectivity index (χ2n) is 5.86. The number of nitrogens with one attached hydrogen (secondary N) is 1. The number of fused-ring (bicyclic) bond motifs is 1. The van der Waals surface area contributed by atoms with E-state index in [4.69, 9.17) is 28.9 Å². The maximum Gasteiger partial charge on any atom is 0.260 e. The van der Waals surface area contributed by atoms with Gasteiger partial charge in [0, 0.05) is 46.3 Å². The fourth-order valence-corrected chi connectivity index (χ4v) is 3.19. The van der Waals surface area contributed by atoms with Crippen molar-refractivity contribution in [1.29, 1.82) is 0 Å². The standard InChI is InChI=1S/C18H19Cl2N5O/c1-22-18-23-10-11-8-14(13-9-12(19)4-5-15(13)20)17(26)25(16(11)24-18)7-3-2-6-21/h4-5,8-10H,2-3,6-7,21H2,1H3,(H,22,23,24). The minimum atomic E-state index is -0.167. The quantitative estimate of drug-likeness (QED) is 0.627. The first-order valence-corrected chi connectivity index (χ1v) is 9.04. The predicted molar refractivity (Wildman–Crippen MR) is 107 cm³/mol. The Morgan fingerprint density at radius 1 is 1.19 bits per heavy atom. The molecule has 0 amide bonds. The zero-order valence-electron chi connectivity index (χ0n) is 14.3. The zero-order valence-corrected chi connectivity index (χ0v) is 15.8. The highest BCUT2D eigenvalue weighted by Crippen LogP contribution is 2.30. The molecule has 0 aliphatic carbocycles. The molecule has 3 N–H and O–H groups in total. The monoisotopic (exact) mass is 391 g/mol. The van der Waals surface area contributed by atoms with Gasteiger partial charge in [-0.25, -0.2) is 4.98 Å². The second kappa shape index (κ2) is 8.03. The molecule has 26 heavy (non-hydrogen) atoms. The first-order chi connectivity index (χ1) is 12.5. The van der Waals surface area contributed by atoms with Gasteiger partial charge in [-0.2, -0.15) is 4.98 Å². The lowest BCUT2D eigenvalue weighted by atomic mass is 10.1. The fourth-order valence-electron chi connectivity index (χ4n) is 2.80. The van der Waals surface area contributed by atoms with Gasteiger partial charge >= 0.3 is 0 Å². The van der Waals surface area contributed by atoms with E-state index >= 15 is 0 Å². The molecule has 136 valence electrons. The molecule has 8 heteroatoms. The van der Waals surface area contributed by atoms with Crippen LogP contribution in [-0.2, 0) is 6.54 Å². The average Bonchev–Trinajstić information content (AvgIpc) is 2.65. The van der Waals surface area contributed by atoms with E-state index in [1.54, 1.807) is 42.1 Å². The number of nitrogens with two attached hydrogens (primary N) is 1. The van der Waals surface area contributed by atoms with E-state index in [0.29, 0.717) is 45.9 Å². The highest BCUT2D eigenvalue weighted by atomic mass is 35.5. The van der Waals surface area contributed by atoms with Crippen LogP contribution < -0.4 is 16.6 Å². The summed E-state index contributed by atoms with van der Waals surface area (Å²) in [5.41, 5.74) is 7.07. The van der Waals surface area contributed by atoms with Crippen LogP contribution >= 0.6 is 23.2 Å². The third kappa shape index (κ3) is 3.67. The molecular formula is C18H19Cl2N5O. The Hall–Kier alpha value is -2.15. The van der Waals surface area contributed by atoms with Gasteiger partial charge in [-0.1, -0.05) is 23.2 Å². The third-order valence-corrected chi connectivity index (χ3v) is 4.67. The first kappa shape index (κ1) is 18.6. The molecule has 1 aromatic carbocycles. The number of halogens is 2. The molecule has 0 atom stereocenters. The maximum absolute atomic E-state index is 13.2. The van der Waals surface area contributed by atoms with Gasteiger partial charge in [0.1, 0.15) is 5.65 Å². The maximum atomic E-state index is 13.2. The van der Waals surface area contributed by atoms with Crippen LogP contribution in [0.25, 0.3) is 22.2 Å². The number of aryl methyl sites for hydroxylation is 1. The van der Waals surface area contributed by atoms with Crippen LogP contribution in [0.15, 0.2) is 35.3 Å². The topological polar surface area (TPSA) is 85.8 Å². The Labute approximate surface area is 161 Å². The number of hydrogen-bond donors (Lipinski definition) is 2. The number of nitrogens with zero attached hydrogens (tertiary/aromatic N) is 3. The van der Waals surface area contributed by atoms with Crippen LogP contribution in [0.4, 0.5) is 5.95 Å². The third-order valence-electron chi connectivity index (χ3n) is 4.11. The number of aromatic nitrogens is 3. The van der Waals surface area contributed by atoms with Gasteiger partial charge in [-0.15, -0.1) is 0 Å². The molecule has 6 nitrogen and oxygen atoms in total. The van der Waals surface area contributed by atoms with Crippen molar-refractivity contribution in [1.82, 2.24) is 14.5 Å². The Morgan fingerprint density at radius 2 is 2.00 bits per heavy atom. The predicted octanol–water partition coefficient (Wildman–Crippen LogP) is 3.55. The van der Waals surface area contributed by atoms with Crippen LogP contribution in [0, 0.1) is 0 Å². The molecule has 3 rings (SSSR count). The Bertz CT molecular complexity index is 1000. The van der Waals surface area contributed by atoms with Crippen molar-refractivity contribution in [3.8, 4) is 11.1 Å². The lowest BCUT2D eigenvalue weighted by Gasteiger charge is -2.13. The van der Waals surface area contributed by atoms with E-state index in [0.717, 1.165) is 18.2 Å². The number of benzene rings is 1. The molecule has 2 aromatic heterocycles. The van der Waals surface area contributed by atoms with Crippen molar-refractivity contribution in [2.24, 2.45) is 5.73 Å². The van der Waals surface area contributed by atoms with E-state index in [1.165, 1.54) is 0 Å². The van der Waals surface area contributed by atoms with E-state index in [-0.39, 0.29) is 5.56 Å². The SMILES string of the molecule is CNc1ncc2cc(-c3cc(Cl)ccc3Cl)c(=O)n(CCCCN)c2n1. The van der Waals surface area contributed by atoms with E-state index in [1.807, 2.05) is 0 Å². The van der Waals surface area contributed by atoms with Crippen LogP contribution in [0.1, 0.15) is 12.8 Å². The zero-order chi connectivity index (χ0) is 18.7. The van der Waals surface area contributed by atoms with E-state index < -0.39 is 0 Å². The van der Waals surface area contributed by atoms with Crippen LogP contribution in [-0.4, -0.2) is 28.1 Å². The summed E-state index contributed by atoms with van der Waals surface area (Å²) in [6, 6.07) is 6.83. The fraction of sp³-hybridized carbons (Fsp3) is 0.278. The van der Waals surface area contributed by atoms with Crippen LogP contribution in [0.2, 0.25) is 10.0 Å². The highest BCUT2D eigenvalue weighted by molar-refractivity contribution is 6.35. The molecule has 3 aromatic rings. The lowest BCUT2D eigenvalue weighted by molar-refractivity contribution is 0.612. The molecule has 2 heterocycles.